The number of pyridine rings is 1. The van der Waals surface area contributed by atoms with Gasteiger partial charge in [0.05, 0.1) is 18.0 Å². The summed E-state index contributed by atoms with van der Waals surface area (Å²) in [5, 5.41) is 9.38. The molecule has 1 saturated heterocycles. The topological polar surface area (TPSA) is 73.7 Å². The second-order valence-corrected chi connectivity index (χ2v) is 9.27. The number of rotatable bonds is 8. The van der Waals surface area contributed by atoms with E-state index < -0.39 is 30.2 Å². The Morgan fingerprint density at radius 1 is 1.09 bits per heavy atom. The van der Waals surface area contributed by atoms with Crippen molar-refractivity contribution in [2.45, 2.75) is 63.6 Å². The van der Waals surface area contributed by atoms with Gasteiger partial charge in [-0.1, -0.05) is 24.6 Å². The summed E-state index contributed by atoms with van der Waals surface area (Å²) in [7, 11) is 0. The summed E-state index contributed by atoms with van der Waals surface area (Å²) in [5.41, 5.74) is 2.83. The van der Waals surface area contributed by atoms with Gasteiger partial charge < -0.3 is 14.9 Å². The SMILES string of the molecule is O=C(O)CC(c1cccc(C(F)(F)F)c1)N1CCN(CCCc2ccc3c(n2)CCCCC3)C1=O. The molecular formula is C26H30F3N3O3. The number of carboxylic acids is 1. The van der Waals surface area contributed by atoms with Gasteiger partial charge in [-0.15, -0.1) is 0 Å². The highest BCUT2D eigenvalue weighted by Crippen LogP contribution is 2.34. The molecule has 2 aromatic rings. The van der Waals surface area contributed by atoms with Gasteiger partial charge in [0.25, 0.3) is 0 Å². The fraction of sp³-hybridized carbons (Fsp3) is 0.500. The minimum absolute atomic E-state index is 0.173. The predicted octanol–water partition coefficient (Wildman–Crippen LogP) is 5.26. The number of aliphatic carboxylic acids is 1. The van der Waals surface area contributed by atoms with E-state index in [2.05, 4.69) is 12.1 Å². The number of alkyl halides is 3. The van der Waals surface area contributed by atoms with Crippen molar-refractivity contribution in [1.82, 2.24) is 14.8 Å². The van der Waals surface area contributed by atoms with Gasteiger partial charge >= 0.3 is 18.2 Å². The molecule has 1 aromatic heterocycles. The lowest BCUT2D eigenvalue weighted by molar-refractivity contribution is -0.138. The summed E-state index contributed by atoms with van der Waals surface area (Å²) in [6.45, 7) is 1.16. The number of nitrogens with zero attached hydrogens (tertiary/aromatic N) is 3. The highest BCUT2D eigenvalue weighted by atomic mass is 19.4. The average Bonchev–Trinajstić information content (AvgIpc) is 3.02. The number of amides is 2. The minimum Gasteiger partial charge on any atom is -0.481 e. The van der Waals surface area contributed by atoms with Crippen LogP contribution >= 0.6 is 0 Å². The lowest BCUT2D eigenvalue weighted by atomic mass is 10.00. The molecule has 1 N–H and O–H groups in total. The number of hydrogen-bond donors (Lipinski definition) is 1. The number of hydrogen-bond acceptors (Lipinski definition) is 3. The molecule has 0 bridgehead atoms. The standard InChI is InChI=1S/C26H30F3N3O3/c27-26(28,29)20-8-4-7-19(16-20)23(17-24(33)34)32-15-14-31(25(32)35)13-5-9-21-12-11-18-6-2-1-3-10-22(18)30-21/h4,7-8,11-12,16,23H,1-3,5-6,9-10,13-15,17H2,(H,33,34). The second kappa shape index (κ2) is 10.7. The molecule has 1 aliphatic heterocycles. The van der Waals surface area contributed by atoms with Crippen molar-refractivity contribution in [2.75, 3.05) is 19.6 Å². The normalized spacial score (nSPS) is 17.3. The van der Waals surface area contributed by atoms with E-state index in [9.17, 15) is 27.9 Å². The smallest absolute Gasteiger partial charge is 0.416 e. The molecule has 1 fully saturated rings. The van der Waals surface area contributed by atoms with Gasteiger partial charge in [-0.3, -0.25) is 9.78 Å². The van der Waals surface area contributed by atoms with Crippen LogP contribution in [-0.2, 0) is 30.2 Å². The van der Waals surface area contributed by atoms with Crippen LogP contribution in [0.4, 0.5) is 18.0 Å². The number of aromatic nitrogens is 1. The van der Waals surface area contributed by atoms with E-state index in [1.54, 1.807) is 4.90 Å². The first-order chi connectivity index (χ1) is 16.7. The molecule has 35 heavy (non-hydrogen) atoms. The van der Waals surface area contributed by atoms with Crippen LogP contribution < -0.4 is 0 Å². The Labute approximate surface area is 202 Å². The Bertz CT molecular complexity index is 1070. The fourth-order valence-corrected chi connectivity index (χ4v) is 4.99. The first-order valence-corrected chi connectivity index (χ1v) is 12.1. The van der Waals surface area contributed by atoms with E-state index in [1.165, 1.54) is 41.1 Å². The molecule has 2 aliphatic rings. The fourth-order valence-electron chi connectivity index (χ4n) is 4.99. The molecular weight excluding hydrogens is 459 g/mol. The molecule has 0 radical (unpaired) electrons. The molecule has 9 heteroatoms. The van der Waals surface area contributed by atoms with E-state index >= 15 is 0 Å². The molecule has 6 nitrogen and oxygen atoms in total. The van der Waals surface area contributed by atoms with E-state index in [0.717, 1.165) is 43.5 Å². The van der Waals surface area contributed by atoms with Crippen molar-refractivity contribution in [3.05, 3.63) is 64.5 Å². The van der Waals surface area contributed by atoms with E-state index in [0.29, 0.717) is 19.5 Å². The second-order valence-electron chi connectivity index (χ2n) is 9.27. The van der Waals surface area contributed by atoms with E-state index in [1.807, 2.05) is 0 Å². The highest BCUT2D eigenvalue weighted by molar-refractivity contribution is 5.78. The Morgan fingerprint density at radius 2 is 1.89 bits per heavy atom. The van der Waals surface area contributed by atoms with Gasteiger partial charge in [-0.25, -0.2) is 4.79 Å². The van der Waals surface area contributed by atoms with Crippen LogP contribution in [0.1, 0.15) is 66.2 Å². The number of urea groups is 1. The number of fused-ring (bicyclic) bond motifs is 1. The number of aryl methyl sites for hydroxylation is 3. The molecule has 1 unspecified atom stereocenters. The van der Waals surface area contributed by atoms with Crippen LogP contribution in [0.2, 0.25) is 0 Å². The van der Waals surface area contributed by atoms with Crippen molar-refractivity contribution in [1.29, 1.82) is 0 Å². The van der Waals surface area contributed by atoms with Crippen LogP contribution in [0.3, 0.4) is 0 Å². The zero-order valence-electron chi connectivity index (χ0n) is 19.6. The van der Waals surface area contributed by atoms with Gasteiger partial charge in [-0.2, -0.15) is 13.2 Å². The van der Waals surface area contributed by atoms with Crippen molar-refractivity contribution in [3.63, 3.8) is 0 Å². The van der Waals surface area contributed by atoms with E-state index in [4.69, 9.17) is 4.98 Å². The van der Waals surface area contributed by atoms with Crippen LogP contribution in [0.25, 0.3) is 0 Å². The lowest BCUT2D eigenvalue weighted by Crippen LogP contribution is -2.36. The molecule has 0 saturated carbocycles. The monoisotopic (exact) mass is 489 g/mol. The number of benzene rings is 1. The summed E-state index contributed by atoms with van der Waals surface area (Å²) < 4.78 is 39.6. The molecule has 1 atom stereocenters. The summed E-state index contributed by atoms with van der Waals surface area (Å²) >= 11 is 0. The summed E-state index contributed by atoms with van der Waals surface area (Å²) in [5.74, 6) is -1.17. The zero-order valence-corrected chi connectivity index (χ0v) is 19.6. The Kier molecular flexibility index (Phi) is 7.62. The molecule has 2 amide bonds. The van der Waals surface area contributed by atoms with Crippen molar-refractivity contribution >= 4 is 12.0 Å². The summed E-state index contributed by atoms with van der Waals surface area (Å²) in [6, 6.07) is 7.49. The number of halogens is 3. The highest BCUT2D eigenvalue weighted by Gasteiger charge is 2.37. The number of carbonyl (C=O) groups is 2. The summed E-state index contributed by atoms with van der Waals surface area (Å²) in [4.78, 5) is 32.4. The van der Waals surface area contributed by atoms with Gasteiger partial charge in [0.2, 0.25) is 0 Å². The van der Waals surface area contributed by atoms with Crippen LogP contribution in [0, 0.1) is 0 Å². The lowest BCUT2D eigenvalue weighted by Gasteiger charge is -2.28. The Balaban J connectivity index is 1.40. The third-order valence-electron chi connectivity index (χ3n) is 6.82. The first-order valence-electron chi connectivity index (χ1n) is 12.1. The third kappa shape index (κ3) is 6.13. The molecule has 2 heterocycles. The predicted molar refractivity (Wildman–Crippen MR) is 124 cm³/mol. The quantitative estimate of drug-likeness (QED) is 0.514. The number of carbonyl (C=O) groups excluding carboxylic acids is 1. The third-order valence-corrected chi connectivity index (χ3v) is 6.82. The molecule has 0 spiro atoms. The average molecular weight is 490 g/mol. The maximum atomic E-state index is 13.2. The Hall–Kier alpha value is -3.10. The largest absolute Gasteiger partial charge is 0.481 e. The van der Waals surface area contributed by atoms with E-state index in [-0.39, 0.29) is 18.1 Å². The summed E-state index contributed by atoms with van der Waals surface area (Å²) in [6.07, 6.45) is 2.09. The first kappa shape index (κ1) is 25.0. The van der Waals surface area contributed by atoms with Crippen molar-refractivity contribution in [2.24, 2.45) is 0 Å². The van der Waals surface area contributed by atoms with Crippen LogP contribution in [0.15, 0.2) is 36.4 Å². The van der Waals surface area contributed by atoms with Crippen LogP contribution in [-0.4, -0.2) is 51.5 Å². The maximum Gasteiger partial charge on any atom is 0.416 e. The van der Waals surface area contributed by atoms with Crippen molar-refractivity contribution < 1.29 is 27.9 Å². The van der Waals surface area contributed by atoms with Gasteiger partial charge in [0.1, 0.15) is 0 Å². The number of carboxylic acid groups (broad SMARTS) is 1. The molecule has 1 aliphatic carbocycles. The molecule has 188 valence electrons. The van der Waals surface area contributed by atoms with Gasteiger partial charge in [0, 0.05) is 31.0 Å². The van der Waals surface area contributed by atoms with Crippen LogP contribution in [0.5, 0.6) is 0 Å². The molecule has 4 rings (SSSR count). The van der Waals surface area contributed by atoms with Crippen molar-refractivity contribution in [3.8, 4) is 0 Å². The zero-order chi connectivity index (χ0) is 25.0. The van der Waals surface area contributed by atoms with Gasteiger partial charge in [0.15, 0.2) is 0 Å². The maximum absolute atomic E-state index is 13.2. The minimum atomic E-state index is -4.55. The van der Waals surface area contributed by atoms with Gasteiger partial charge in [-0.05, 0) is 67.9 Å². The molecule has 1 aromatic carbocycles. The Morgan fingerprint density at radius 3 is 2.66 bits per heavy atom.